The third-order valence-corrected chi connectivity index (χ3v) is 7.14. The van der Waals surface area contributed by atoms with E-state index in [1.165, 1.54) is 87.5 Å². The Morgan fingerprint density at radius 1 is 0.778 bits per heavy atom. The molecule has 0 aliphatic carbocycles. The van der Waals surface area contributed by atoms with Crippen molar-refractivity contribution in [3.63, 3.8) is 0 Å². The van der Waals surface area contributed by atoms with Gasteiger partial charge in [0.25, 0.3) is 0 Å². The second kappa shape index (κ2) is 20.9. The van der Waals surface area contributed by atoms with Crippen LogP contribution in [0.3, 0.4) is 0 Å². The van der Waals surface area contributed by atoms with Crippen LogP contribution in [0.4, 0.5) is 10.3 Å². The third kappa shape index (κ3) is 15.7. The Labute approximate surface area is 223 Å². The monoisotopic (exact) mass is 512 g/mol. The first-order valence-corrected chi connectivity index (χ1v) is 15.2. The summed E-state index contributed by atoms with van der Waals surface area (Å²) < 4.78 is 0. The van der Waals surface area contributed by atoms with Crippen molar-refractivity contribution in [1.29, 1.82) is 0 Å². The largest absolute Gasteiger partial charge is 0.360 e. The van der Waals surface area contributed by atoms with Crippen molar-refractivity contribution in [3.8, 4) is 0 Å². The highest BCUT2D eigenvalue weighted by Gasteiger charge is 2.08. The number of benzene rings is 1. The molecule has 0 spiro atoms. The topological polar surface area (TPSA) is 66.9 Å². The van der Waals surface area contributed by atoms with E-state index < -0.39 is 0 Å². The molecule has 2 aromatic rings. The number of aromatic nitrogens is 2. The van der Waals surface area contributed by atoms with Crippen molar-refractivity contribution in [2.75, 3.05) is 17.2 Å². The van der Waals surface area contributed by atoms with Crippen LogP contribution < -0.4 is 10.6 Å². The van der Waals surface area contributed by atoms with Crippen molar-refractivity contribution >= 4 is 27.5 Å². The maximum absolute atomic E-state index is 12.2. The van der Waals surface area contributed by atoms with Crippen LogP contribution in [0.15, 0.2) is 42.5 Å². The average molecular weight is 513 g/mol. The summed E-state index contributed by atoms with van der Waals surface area (Å²) in [6.45, 7) is 3.13. The number of nitrogens with zero attached hydrogens (tertiary/aromatic N) is 2. The summed E-state index contributed by atoms with van der Waals surface area (Å²) in [5.74, 6) is 0.0400. The first-order chi connectivity index (χ1) is 17.8. The van der Waals surface area contributed by atoms with Crippen LogP contribution >= 0.6 is 11.3 Å². The molecular formula is C30H48N4OS. The van der Waals surface area contributed by atoms with Gasteiger partial charge in [0.2, 0.25) is 16.2 Å². The number of unbranched alkanes of at least 4 members (excludes halogenated alkanes) is 12. The van der Waals surface area contributed by atoms with Gasteiger partial charge in [-0.3, -0.25) is 4.79 Å². The summed E-state index contributed by atoms with van der Waals surface area (Å²) in [6.07, 6.45) is 25.0. The van der Waals surface area contributed by atoms with Gasteiger partial charge in [-0.2, -0.15) is 0 Å². The number of hydrogen-bond donors (Lipinski definition) is 2. The second-order valence-electron chi connectivity index (χ2n) is 9.66. The van der Waals surface area contributed by atoms with Crippen molar-refractivity contribution in [3.05, 3.63) is 48.0 Å². The van der Waals surface area contributed by atoms with Crippen LogP contribution in [0, 0.1) is 0 Å². The van der Waals surface area contributed by atoms with E-state index in [9.17, 15) is 4.79 Å². The van der Waals surface area contributed by atoms with E-state index in [-0.39, 0.29) is 5.91 Å². The summed E-state index contributed by atoms with van der Waals surface area (Å²) >= 11 is 1.41. The molecule has 0 atom stereocenters. The van der Waals surface area contributed by atoms with E-state index in [4.69, 9.17) is 0 Å². The number of carbonyl (C=O) groups excluding carboxylic acids is 1. The molecule has 0 radical (unpaired) electrons. The first-order valence-electron chi connectivity index (χ1n) is 14.3. The molecule has 2 N–H and O–H groups in total. The Morgan fingerprint density at radius 2 is 1.42 bits per heavy atom. The Balaban J connectivity index is 1.39. The Hall–Kier alpha value is -2.21. The highest BCUT2D eigenvalue weighted by atomic mass is 32.1. The Morgan fingerprint density at radius 3 is 2.14 bits per heavy atom. The van der Waals surface area contributed by atoms with E-state index >= 15 is 0 Å². The molecular weight excluding hydrogens is 464 g/mol. The fraction of sp³-hybridized carbons (Fsp3) is 0.633. The van der Waals surface area contributed by atoms with Crippen LogP contribution in [0.25, 0.3) is 0 Å². The predicted octanol–water partition coefficient (Wildman–Crippen LogP) is 8.95. The SMILES string of the molecule is CCCCCCCCC=CCCCCCCCC(=O)Nc1nnc(NCCCCc2ccccc2)s1. The lowest BCUT2D eigenvalue weighted by atomic mass is 10.1. The van der Waals surface area contributed by atoms with Crippen LogP contribution in [-0.4, -0.2) is 22.6 Å². The normalized spacial score (nSPS) is 11.2. The van der Waals surface area contributed by atoms with Gasteiger partial charge in [-0.1, -0.05) is 112 Å². The number of hydrogen-bond acceptors (Lipinski definition) is 5. The lowest BCUT2D eigenvalue weighted by molar-refractivity contribution is -0.116. The van der Waals surface area contributed by atoms with E-state index in [1.54, 1.807) is 0 Å². The van der Waals surface area contributed by atoms with Crippen molar-refractivity contribution < 1.29 is 4.79 Å². The Bertz CT molecular complexity index is 821. The molecule has 2 rings (SSSR count). The molecule has 200 valence electrons. The molecule has 5 nitrogen and oxygen atoms in total. The van der Waals surface area contributed by atoms with E-state index in [1.807, 2.05) is 0 Å². The molecule has 0 unspecified atom stereocenters. The average Bonchev–Trinajstić information content (AvgIpc) is 3.33. The van der Waals surface area contributed by atoms with Crippen molar-refractivity contribution in [2.24, 2.45) is 0 Å². The molecule has 0 bridgehead atoms. The van der Waals surface area contributed by atoms with Crippen LogP contribution in [0.2, 0.25) is 0 Å². The van der Waals surface area contributed by atoms with E-state index in [0.29, 0.717) is 11.6 Å². The quantitative estimate of drug-likeness (QED) is 0.122. The number of carbonyl (C=O) groups is 1. The molecule has 1 aromatic heterocycles. The summed E-state index contributed by atoms with van der Waals surface area (Å²) in [5.41, 5.74) is 1.38. The molecule has 1 aromatic carbocycles. The van der Waals surface area contributed by atoms with Gasteiger partial charge in [-0.15, -0.1) is 10.2 Å². The first kappa shape index (κ1) is 30.0. The summed E-state index contributed by atoms with van der Waals surface area (Å²) in [6, 6.07) is 10.6. The molecule has 0 fully saturated rings. The minimum atomic E-state index is 0.0400. The zero-order valence-electron chi connectivity index (χ0n) is 22.5. The standard InChI is InChI=1S/C30H48N4OS/c1-2-3-4-5-6-7-8-9-10-11-12-13-14-15-19-25-28(35)32-30-34-33-29(36-30)31-26-21-20-24-27-22-17-16-18-23-27/h9-10,16-18,22-23H,2-8,11-15,19-21,24-26H2,1H3,(H,31,33)(H,32,34,35). The van der Waals surface area contributed by atoms with Crippen molar-refractivity contribution in [2.45, 2.75) is 116 Å². The van der Waals surface area contributed by atoms with E-state index in [2.05, 4.69) is 70.2 Å². The summed E-state index contributed by atoms with van der Waals surface area (Å²) in [7, 11) is 0. The number of rotatable bonds is 22. The van der Waals surface area contributed by atoms with Gasteiger partial charge in [0.15, 0.2) is 0 Å². The maximum Gasteiger partial charge on any atom is 0.226 e. The lowest BCUT2D eigenvalue weighted by Crippen LogP contribution is -2.10. The fourth-order valence-corrected chi connectivity index (χ4v) is 4.86. The fourth-order valence-electron chi connectivity index (χ4n) is 4.18. The number of anilines is 2. The third-order valence-electron chi connectivity index (χ3n) is 6.35. The van der Waals surface area contributed by atoms with Gasteiger partial charge < -0.3 is 10.6 Å². The maximum atomic E-state index is 12.2. The second-order valence-corrected chi connectivity index (χ2v) is 10.6. The molecule has 0 aliphatic rings. The van der Waals surface area contributed by atoms with Gasteiger partial charge in [0.1, 0.15) is 0 Å². The number of amides is 1. The summed E-state index contributed by atoms with van der Waals surface area (Å²) in [5, 5.41) is 15.8. The number of allylic oxidation sites excluding steroid dienone is 2. The molecule has 36 heavy (non-hydrogen) atoms. The van der Waals surface area contributed by atoms with Gasteiger partial charge in [-0.25, -0.2) is 0 Å². The lowest BCUT2D eigenvalue weighted by Gasteiger charge is -2.03. The minimum absolute atomic E-state index is 0.0400. The zero-order valence-corrected chi connectivity index (χ0v) is 23.3. The molecule has 6 heteroatoms. The van der Waals surface area contributed by atoms with Gasteiger partial charge in [0.05, 0.1) is 0 Å². The summed E-state index contributed by atoms with van der Waals surface area (Å²) in [4.78, 5) is 12.2. The highest BCUT2D eigenvalue weighted by molar-refractivity contribution is 7.19. The molecule has 1 amide bonds. The molecule has 0 saturated heterocycles. The smallest absolute Gasteiger partial charge is 0.226 e. The van der Waals surface area contributed by atoms with Gasteiger partial charge in [-0.05, 0) is 56.9 Å². The predicted molar refractivity (Wildman–Crippen MR) is 156 cm³/mol. The van der Waals surface area contributed by atoms with Crippen molar-refractivity contribution in [1.82, 2.24) is 10.2 Å². The van der Waals surface area contributed by atoms with E-state index in [0.717, 1.165) is 43.8 Å². The van der Waals surface area contributed by atoms with Gasteiger partial charge >= 0.3 is 0 Å². The molecule has 0 aliphatic heterocycles. The minimum Gasteiger partial charge on any atom is -0.360 e. The van der Waals surface area contributed by atoms with Crippen LogP contribution in [0.5, 0.6) is 0 Å². The van der Waals surface area contributed by atoms with Crippen LogP contribution in [-0.2, 0) is 11.2 Å². The van der Waals surface area contributed by atoms with Crippen LogP contribution in [0.1, 0.15) is 115 Å². The number of nitrogens with one attached hydrogen (secondary N) is 2. The zero-order chi connectivity index (χ0) is 25.5. The van der Waals surface area contributed by atoms with Gasteiger partial charge in [0, 0.05) is 13.0 Å². The Kier molecular flexibility index (Phi) is 17.5. The molecule has 1 heterocycles. The number of aryl methyl sites for hydroxylation is 1. The highest BCUT2D eigenvalue weighted by Crippen LogP contribution is 2.20. The molecule has 0 saturated carbocycles.